The molecule has 0 amide bonds. The van der Waals surface area contributed by atoms with Crippen LogP contribution in [-0.2, 0) is 5.72 Å². The Bertz CT molecular complexity index is 910. The molecule has 0 bridgehead atoms. The summed E-state index contributed by atoms with van der Waals surface area (Å²) in [5.41, 5.74) is 0.537. The van der Waals surface area contributed by atoms with E-state index in [1.807, 2.05) is 42.5 Å². The van der Waals surface area contributed by atoms with E-state index in [1.54, 1.807) is 21.3 Å². The van der Waals surface area contributed by atoms with Crippen LogP contribution in [-0.4, -0.2) is 49.9 Å². The minimum absolute atomic E-state index is 0.518. The summed E-state index contributed by atoms with van der Waals surface area (Å²) in [4.78, 5) is 2.08. The van der Waals surface area contributed by atoms with Gasteiger partial charge in [-0.1, -0.05) is 0 Å². The summed E-state index contributed by atoms with van der Waals surface area (Å²) in [5.74, 6) is 3.23. The standard InChI is InChI=1S/C23H29N2O4/c1-27-19-11-9-18(10-12-19)25-22-7-5-4-6-14-24(22)16-23(25,26)17-8-13-20(28-2)21(15-17)29-3/h8-13,15,26H,4-7,14,16H2,1-3H3/q+1/t23-/m1/s1. The van der Waals surface area contributed by atoms with Crippen LogP contribution >= 0.6 is 0 Å². The fourth-order valence-electron chi connectivity index (χ4n) is 4.42. The third-order valence-electron chi connectivity index (χ3n) is 5.91. The Morgan fingerprint density at radius 3 is 2.34 bits per heavy atom. The van der Waals surface area contributed by atoms with E-state index in [-0.39, 0.29) is 0 Å². The van der Waals surface area contributed by atoms with Crippen LogP contribution < -0.4 is 19.1 Å². The van der Waals surface area contributed by atoms with Gasteiger partial charge in [0.05, 0.1) is 27.9 Å². The van der Waals surface area contributed by atoms with Crippen LogP contribution in [0.15, 0.2) is 42.5 Å². The van der Waals surface area contributed by atoms with Crippen molar-refractivity contribution in [1.82, 2.24) is 0 Å². The fourth-order valence-corrected chi connectivity index (χ4v) is 4.42. The number of amidine groups is 1. The zero-order valence-electron chi connectivity index (χ0n) is 17.4. The van der Waals surface area contributed by atoms with Crippen molar-refractivity contribution in [2.75, 3.05) is 39.3 Å². The van der Waals surface area contributed by atoms with E-state index in [4.69, 9.17) is 14.2 Å². The first-order valence-electron chi connectivity index (χ1n) is 10.1. The topological polar surface area (TPSA) is 54.2 Å². The van der Waals surface area contributed by atoms with Crippen molar-refractivity contribution in [3.8, 4) is 17.2 Å². The van der Waals surface area contributed by atoms with E-state index in [2.05, 4.69) is 9.48 Å². The first-order chi connectivity index (χ1) is 14.1. The fraction of sp³-hybridized carbons (Fsp3) is 0.435. The Balaban J connectivity index is 1.82. The van der Waals surface area contributed by atoms with Gasteiger partial charge >= 0.3 is 0 Å². The van der Waals surface area contributed by atoms with Gasteiger partial charge in [-0.05, 0) is 61.7 Å². The third kappa shape index (κ3) is 3.42. The number of aliphatic hydroxyl groups is 1. The Labute approximate surface area is 171 Å². The minimum Gasteiger partial charge on any atom is -0.497 e. The number of benzene rings is 2. The molecular formula is C23H29N2O4+. The van der Waals surface area contributed by atoms with E-state index in [0.717, 1.165) is 42.8 Å². The van der Waals surface area contributed by atoms with Crippen molar-refractivity contribution >= 4 is 11.5 Å². The molecule has 2 heterocycles. The lowest BCUT2D eigenvalue weighted by atomic mass is 9.99. The number of ether oxygens (including phenoxy) is 3. The van der Waals surface area contributed by atoms with Crippen molar-refractivity contribution in [2.45, 2.75) is 31.4 Å². The van der Waals surface area contributed by atoms with Gasteiger partial charge in [-0.25, -0.2) is 0 Å². The van der Waals surface area contributed by atoms with E-state index >= 15 is 0 Å². The van der Waals surface area contributed by atoms with Gasteiger partial charge in [-0.2, -0.15) is 4.90 Å². The van der Waals surface area contributed by atoms with Gasteiger partial charge in [0.1, 0.15) is 11.4 Å². The zero-order valence-corrected chi connectivity index (χ0v) is 17.4. The molecule has 0 saturated carbocycles. The van der Waals surface area contributed by atoms with Gasteiger partial charge < -0.3 is 19.3 Å². The second-order valence-electron chi connectivity index (χ2n) is 7.57. The molecule has 0 spiro atoms. The van der Waals surface area contributed by atoms with E-state index in [1.165, 1.54) is 12.3 Å². The van der Waals surface area contributed by atoms with Crippen molar-refractivity contribution in [3.05, 3.63) is 48.0 Å². The molecule has 4 rings (SSSR count). The molecule has 2 aliphatic heterocycles. The van der Waals surface area contributed by atoms with Crippen molar-refractivity contribution in [3.63, 3.8) is 0 Å². The smallest absolute Gasteiger partial charge is 0.275 e. The lowest BCUT2D eigenvalue weighted by Gasteiger charge is -2.29. The SMILES string of the molecule is COc1ccc(N2C3=[N+](CCCCC3)C[C@@]2(O)c2ccc(OC)c(OC)c2)cc1. The number of methoxy groups -OCH3 is 3. The van der Waals surface area contributed by atoms with Gasteiger partial charge in [0.25, 0.3) is 11.6 Å². The van der Waals surface area contributed by atoms with Crippen LogP contribution in [0, 0.1) is 0 Å². The Morgan fingerprint density at radius 1 is 0.897 bits per heavy atom. The summed E-state index contributed by atoms with van der Waals surface area (Å²) in [6, 6.07) is 13.5. The molecule has 2 aromatic carbocycles. The number of anilines is 1. The zero-order chi connectivity index (χ0) is 20.4. The summed E-state index contributed by atoms with van der Waals surface area (Å²) >= 11 is 0. The van der Waals surface area contributed by atoms with Gasteiger partial charge in [-0.3, -0.25) is 4.58 Å². The van der Waals surface area contributed by atoms with Crippen LogP contribution in [0.5, 0.6) is 17.2 Å². The van der Waals surface area contributed by atoms with Crippen molar-refractivity contribution < 1.29 is 23.9 Å². The molecule has 154 valence electrons. The molecular weight excluding hydrogens is 368 g/mol. The molecule has 2 aromatic rings. The van der Waals surface area contributed by atoms with E-state index in [0.29, 0.717) is 18.0 Å². The van der Waals surface area contributed by atoms with Crippen LogP contribution in [0.2, 0.25) is 0 Å². The molecule has 29 heavy (non-hydrogen) atoms. The van der Waals surface area contributed by atoms with Crippen molar-refractivity contribution in [1.29, 1.82) is 0 Å². The van der Waals surface area contributed by atoms with Crippen LogP contribution in [0.4, 0.5) is 5.69 Å². The molecule has 0 saturated heterocycles. The summed E-state index contributed by atoms with van der Waals surface area (Å²) in [6.45, 7) is 1.47. The van der Waals surface area contributed by atoms with Gasteiger partial charge in [-0.15, -0.1) is 0 Å². The Morgan fingerprint density at radius 2 is 1.66 bits per heavy atom. The minimum atomic E-state index is -1.19. The highest BCUT2D eigenvalue weighted by molar-refractivity contribution is 5.97. The van der Waals surface area contributed by atoms with E-state index < -0.39 is 5.72 Å². The van der Waals surface area contributed by atoms with Crippen LogP contribution in [0.1, 0.15) is 31.2 Å². The number of hydrogen-bond donors (Lipinski definition) is 1. The number of hydrogen-bond acceptors (Lipinski definition) is 5. The maximum atomic E-state index is 12.0. The van der Waals surface area contributed by atoms with Gasteiger partial charge in [0.15, 0.2) is 18.0 Å². The van der Waals surface area contributed by atoms with Crippen LogP contribution in [0.25, 0.3) is 0 Å². The molecule has 0 aromatic heterocycles. The molecule has 6 heteroatoms. The van der Waals surface area contributed by atoms with Gasteiger partial charge in [0.2, 0.25) is 0 Å². The second-order valence-corrected chi connectivity index (χ2v) is 7.57. The second kappa shape index (κ2) is 7.95. The molecule has 2 aliphatic rings. The molecule has 1 atom stereocenters. The average Bonchev–Trinajstić information content (AvgIpc) is 2.89. The summed E-state index contributed by atoms with van der Waals surface area (Å²) in [6.07, 6.45) is 4.43. The lowest BCUT2D eigenvalue weighted by Crippen LogP contribution is -2.47. The average molecular weight is 397 g/mol. The third-order valence-corrected chi connectivity index (χ3v) is 5.91. The summed E-state index contributed by atoms with van der Waals surface area (Å²) in [7, 11) is 4.89. The maximum absolute atomic E-state index is 12.0. The molecule has 0 radical (unpaired) electrons. The lowest BCUT2D eigenvalue weighted by molar-refractivity contribution is -0.534. The molecule has 1 N–H and O–H groups in total. The summed E-state index contributed by atoms with van der Waals surface area (Å²) in [5, 5.41) is 12.0. The maximum Gasteiger partial charge on any atom is 0.275 e. The highest BCUT2D eigenvalue weighted by Crippen LogP contribution is 2.41. The Hall–Kier alpha value is -2.73. The predicted octanol–water partition coefficient (Wildman–Crippen LogP) is 3.36. The van der Waals surface area contributed by atoms with Crippen LogP contribution in [0.3, 0.4) is 0 Å². The highest BCUT2D eigenvalue weighted by Gasteiger charge is 2.54. The monoisotopic (exact) mass is 397 g/mol. The van der Waals surface area contributed by atoms with Crippen molar-refractivity contribution in [2.24, 2.45) is 0 Å². The number of rotatable bonds is 5. The molecule has 0 aliphatic carbocycles. The molecule has 0 unspecified atom stereocenters. The first kappa shape index (κ1) is 19.6. The molecule has 6 nitrogen and oxygen atoms in total. The van der Waals surface area contributed by atoms with E-state index in [9.17, 15) is 5.11 Å². The van der Waals surface area contributed by atoms with Gasteiger partial charge in [0, 0.05) is 12.0 Å². The first-order valence-corrected chi connectivity index (χ1v) is 10.1. The predicted molar refractivity (Wildman–Crippen MR) is 112 cm³/mol. The largest absolute Gasteiger partial charge is 0.497 e. The highest BCUT2D eigenvalue weighted by atomic mass is 16.5. The quantitative estimate of drug-likeness (QED) is 0.784. The summed E-state index contributed by atoms with van der Waals surface area (Å²) < 4.78 is 18.5. The Kier molecular flexibility index (Phi) is 5.37. The normalized spacial score (nSPS) is 21.6. The molecule has 0 fully saturated rings. The number of nitrogens with zero attached hydrogens (tertiary/aromatic N) is 2.